The van der Waals surface area contributed by atoms with Crippen LogP contribution in [0.3, 0.4) is 0 Å². The van der Waals surface area contributed by atoms with Crippen molar-refractivity contribution in [2.24, 2.45) is 0 Å². The lowest BCUT2D eigenvalue weighted by Gasteiger charge is -2.16. The van der Waals surface area contributed by atoms with Gasteiger partial charge in [-0.3, -0.25) is 4.79 Å². The van der Waals surface area contributed by atoms with E-state index in [1.54, 1.807) is 24.3 Å². The highest BCUT2D eigenvalue weighted by Crippen LogP contribution is 2.17. The summed E-state index contributed by atoms with van der Waals surface area (Å²) in [6, 6.07) is 7.44. The van der Waals surface area contributed by atoms with Crippen LogP contribution < -0.4 is 11.1 Å². The fraction of sp³-hybridized carbons (Fsp3) is 0.500. The number of halogens is 1. The van der Waals surface area contributed by atoms with Crippen molar-refractivity contribution in [1.29, 1.82) is 0 Å². The van der Waals surface area contributed by atoms with Gasteiger partial charge >= 0.3 is 0 Å². The van der Waals surface area contributed by atoms with E-state index in [0.29, 0.717) is 17.3 Å². The van der Waals surface area contributed by atoms with Crippen molar-refractivity contribution in [1.82, 2.24) is 5.32 Å². The molecular weight excluding hydrogens is 248 g/mol. The SMILES string of the molecule is Cl.Nc1ccc(C(=O)NC2CCCCCC2)cc1. The van der Waals surface area contributed by atoms with Crippen LogP contribution in [0.15, 0.2) is 24.3 Å². The molecule has 3 nitrogen and oxygen atoms in total. The van der Waals surface area contributed by atoms with Crippen LogP contribution in [0.1, 0.15) is 48.9 Å². The van der Waals surface area contributed by atoms with Crippen LogP contribution in [0.2, 0.25) is 0 Å². The molecule has 0 unspecified atom stereocenters. The first-order valence-electron chi connectivity index (χ1n) is 6.42. The van der Waals surface area contributed by atoms with E-state index in [2.05, 4.69) is 5.32 Å². The predicted molar refractivity (Wildman–Crippen MR) is 77.1 cm³/mol. The third-order valence-corrected chi connectivity index (χ3v) is 3.36. The van der Waals surface area contributed by atoms with Crippen LogP contribution in [0.5, 0.6) is 0 Å². The molecule has 3 N–H and O–H groups in total. The smallest absolute Gasteiger partial charge is 0.251 e. The summed E-state index contributed by atoms with van der Waals surface area (Å²) < 4.78 is 0. The first kappa shape index (κ1) is 14.8. The Morgan fingerprint density at radius 1 is 1.06 bits per heavy atom. The first-order valence-corrected chi connectivity index (χ1v) is 6.42. The Morgan fingerprint density at radius 3 is 2.17 bits per heavy atom. The molecule has 1 aliphatic carbocycles. The van der Waals surface area contributed by atoms with Crippen LogP contribution in [-0.2, 0) is 0 Å². The van der Waals surface area contributed by atoms with Crippen molar-refractivity contribution in [2.75, 3.05) is 5.73 Å². The normalized spacial score (nSPS) is 16.4. The second-order valence-electron chi connectivity index (χ2n) is 4.78. The quantitative estimate of drug-likeness (QED) is 0.640. The van der Waals surface area contributed by atoms with Crippen molar-refractivity contribution in [3.05, 3.63) is 29.8 Å². The third-order valence-electron chi connectivity index (χ3n) is 3.36. The number of hydrogen-bond donors (Lipinski definition) is 2. The van der Waals surface area contributed by atoms with Crippen LogP contribution in [0.4, 0.5) is 5.69 Å². The molecule has 100 valence electrons. The Balaban J connectivity index is 0.00000162. The maximum absolute atomic E-state index is 12.0. The van der Waals surface area contributed by atoms with Crippen molar-refractivity contribution in [3.8, 4) is 0 Å². The van der Waals surface area contributed by atoms with E-state index in [1.165, 1.54) is 25.7 Å². The summed E-state index contributed by atoms with van der Waals surface area (Å²) in [5, 5.41) is 3.11. The molecule has 1 amide bonds. The minimum Gasteiger partial charge on any atom is -0.399 e. The van der Waals surface area contributed by atoms with Gasteiger partial charge in [-0.25, -0.2) is 0 Å². The van der Waals surface area contributed by atoms with Gasteiger partial charge in [0.15, 0.2) is 0 Å². The highest BCUT2D eigenvalue weighted by molar-refractivity contribution is 5.94. The summed E-state index contributed by atoms with van der Waals surface area (Å²) in [4.78, 5) is 12.0. The number of rotatable bonds is 2. The highest BCUT2D eigenvalue weighted by Gasteiger charge is 2.15. The number of nitrogens with one attached hydrogen (secondary N) is 1. The maximum atomic E-state index is 12.0. The summed E-state index contributed by atoms with van der Waals surface area (Å²) >= 11 is 0. The molecule has 0 saturated heterocycles. The summed E-state index contributed by atoms with van der Waals surface area (Å²) in [5.74, 6) is 0.0249. The lowest BCUT2D eigenvalue weighted by atomic mass is 10.1. The number of carbonyl (C=O) groups excluding carboxylic acids is 1. The lowest BCUT2D eigenvalue weighted by Crippen LogP contribution is -2.34. The van der Waals surface area contributed by atoms with Gasteiger partial charge in [-0.15, -0.1) is 12.4 Å². The van der Waals surface area contributed by atoms with Gasteiger partial charge in [-0.05, 0) is 37.1 Å². The Bertz CT molecular complexity index is 370. The second kappa shape index (κ2) is 7.27. The molecule has 0 heterocycles. The van der Waals surface area contributed by atoms with E-state index >= 15 is 0 Å². The topological polar surface area (TPSA) is 55.1 Å². The Labute approximate surface area is 115 Å². The Kier molecular flexibility index (Phi) is 5.99. The number of anilines is 1. The monoisotopic (exact) mass is 268 g/mol. The van der Waals surface area contributed by atoms with Crippen molar-refractivity contribution in [3.63, 3.8) is 0 Å². The molecule has 0 atom stereocenters. The molecule has 0 spiro atoms. The maximum Gasteiger partial charge on any atom is 0.251 e. The fourth-order valence-corrected chi connectivity index (χ4v) is 2.33. The molecule has 0 bridgehead atoms. The second-order valence-corrected chi connectivity index (χ2v) is 4.78. The standard InChI is InChI=1S/C14H20N2O.ClH/c15-12-9-7-11(8-10-12)14(17)16-13-5-3-1-2-4-6-13;/h7-10,13H,1-6,15H2,(H,16,17);1H. The zero-order chi connectivity index (χ0) is 12.1. The third kappa shape index (κ3) is 4.22. The molecule has 1 aromatic carbocycles. The summed E-state index contributed by atoms with van der Waals surface area (Å²) in [7, 11) is 0. The van der Waals surface area contributed by atoms with Crippen molar-refractivity contribution < 1.29 is 4.79 Å². The van der Waals surface area contributed by atoms with Gasteiger partial charge in [-0.2, -0.15) is 0 Å². The molecule has 0 aromatic heterocycles. The molecule has 1 aliphatic rings. The van der Waals surface area contributed by atoms with Gasteiger partial charge in [0.25, 0.3) is 5.91 Å². The number of nitrogen functional groups attached to an aromatic ring is 1. The molecule has 2 rings (SSSR count). The summed E-state index contributed by atoms with van der Waals surface area (Å²) in [5.41, 5.74) is 6.99. The van der Waals surface area contributed by atoms with Crippen LogP contribution in [0, 0.1) is 0 Å². The molecule has 18 heavy (non-hydrogen) atoms. The van der Waals surface area contributed by atoms with Crippen LogP contribution in [-0.4, -0.2) is 11.9 Å². The van der Waals surface area contributed by atoms with Crippen molar-refractivity contribution in [2.45, 2.75) is 44.6 Å². The number of carbonyl (C=O) groups is 1. The summed E-state index contributed by atoms with van der Waals surface area (Å²) in [6.45, 7) is 0. The van der Waals surface area contributed by atoms with E-state index < -0.39 is 0 Å². The first-order chi connectivity index (χ1) is 8.25. The lowest BCUT2D eigenvalue weighted by molar-refractivity contribution is 0.0933. The average Bonchev–Trinajstić information content (AvgIpc) is 2.58. The predicted octanol–water partition coefficient (Wildman–Crippen LogP) is 3.14. The number of benzene rings is 1. The minimum absolute atomic E-state index is 0. The van der Waals surface area contributed by atoms with Gasteiger partial charge < -0.3 is 11.1 Å². The van der Waals surface area contributed by atoms with E-state index in [4.69, 9.17) is 5.73 Å². The Morgan fingerprint density at radius 2 is 1.61 bits per heavy atom. The zero-order valence-electron chi connectivity index (χ0n) is 10.5. The van der Waals surface area contributed by atoms with Gasteiger partial charge in [0.2, 0.25) is 0 Å². The van der Waals surface area contributed by atoms with E-state index in [-0.39, 0.29) is 18.3 Å². The zero-order valence-corrected chi connectivity index (χ0v) is 11.3. The molecule has 1 fully saturated rings. The molecule has 1 saturated carbocycles. The summed E-state index contributed by atoms with van der Waals surface area (Å²) in [6.07, 6.45) is 7.28. The molecular formula is C14H21ClN2O. The van der Waals surface area contributed by atoms with Gasteiger partial charge in [0.1, 0.15) is 0 Å². The number of hydrogen-bond acceptors (Lipinski definition) is 2. The van der Waals surface area contributed by atoms with Crippen LogP contribution >= 0.6 is 12.4 Å². The largest absolute Gasteiger partial charge is 0.399 e. The van der Waals surface area contributed by atoms with Gasteiger partial charge in [0.05, 0.1) is 0 Å². The van der Waals surface area contributed by atoms with E-state index in [1.807, 2.05) is 0 Å². The average molecular weight is 269 g/mol. The van der Waals surface area contributed by atoms with Gasteiger partial charge in [-0.1, -0.05) is 25.7 Å². The van der Waals surface area contributed by atoms with Gasteiger partial charge in [0, 0.05) is 17.3 Å². The van der Waals surface area contributed by atoms with Crippen LogP contribution in [0.25, 0.3) is 0 Å². The highest BCUT2D eigenvalue weighted by atomic mass is 35.5. The minimum atomic E-state index is 0. The van der Waals surface area contributed by atoms with E-state index in [0.717, 1.165) is 12.8 Å². The van der Waals surface area contributed by atoms with E-state index in [9.17, 15) is 4.79 Å². The molecule has 0 radical (unpaired) electrons. The Hall–Kier alpha value is -1.22. The molecule has 1 aromatic rings. The number of nitrogens with two attached hydrogens (primary N) is 1. The fourth-order valence-electron chi connectivity index (χ4n) is 2.33. The number of amides is 1. The molecule has 0 aliphatic heterocycles. The molecule has 4 heteroatoms. The van der Waals surface area contributed by atoms with Crippen molar-refractivity contribution >= 4 is 24.0 Å².